The van der Waals surface area contributed by atoms with Crippen molar-refractivity contribution in [2.75, 3.05) is 0 Å². The summed E-state index contributed by atoms with van der Waals surface area (Å²) in [6.07, 6.45) is 1.44. The number of carbonyl (C=O) groups is 1. The number of carbonyl (C=O) groups excluding carboxylic acids is 1. The molecule has 0 fully saturated rings. The van der Waals surface area contributed by atoms with Gasteiger partial charge < -0.3 is 10.2 Å². The highest BCUT2D eigenvalue weighted by Crippen LogP contribution is 2.35. The molecule has 6 nitrogen and oxygen atoms in total. The third-order valence-electron chi connectivity index (χ3n) is 5.40. The molecule has 0 bridgehead atoms. The Bertz CT molecular complexity index is 1210. The summed E-state index contributed by atoms with van der Waals surface area (Å²) in [6, 6.07) is 20.9. The van der Waals surface area contributed by atoms with Crippen LogP contribution < -0.4 is 5.32 Å². The number of nitriles is 1. The van der Waals surface area contributed by atoms with E-state index in [0.29, 0.717) is 11.1 Å². The Balaban J connectivity index is 1.78. The molecular formula is C26H24N4O2. The van der Waals surface area contributed by atoms with Crippen LogP contribution in [0.1, 0.15) is 54.1 Å². The number of amides is 1. The van der Waals surface area contributed by atoms with Gasteiger partial charge in [0.1, 0.15) is 0 Å². The lowest BCUT2D eigenvalue weighted by Gasteiger charge is -2.16. The molecule has 1 aliphatic heterocycles. The molecule has 0 unspecified atom stereocenters. The van der Waals surface area contributed by atoms with E-state index in [-0.39, 0.29) is 24.0 Å². The van der Waals surface area contributed by atoms with Gasteiger partial charge in [0.2, 0.25) is 0 Å². The first-order valence-corrected chi connectivity index (χ1v) is 10.6. The molecule has 1 N–H and O–H groups in total. The van der Waals surface area contributed by atoms with Crippen LogP contribution >= 0.6 is 0 Å². The van der Waals surface area contributed by atoms with Crippen LogP contribution in [0.2, 0.25) is 0 Å². The molecule has 2 atom stereocenters. The van der Waals surface area contributed by atoms with Crippen LogP contribution in [0, 0.1) is 17.2 Å². The summed E-state index contributed by atoms with van der Waals surface area (Å²) in [4.78, 5) is 23.0. The van der Waals surface area contributed by atoms with Gasteiger partial charge in [-0.1, -0.05) is 36.3 Å². The molecule has 160 valence electrons. The van der Waals surface area contributed by atoms with E-state index in [1.807, 2.05) is 75.4 Å². The zero-order valence-corrected chi connectivity index (χ0v) is 18.2. The first kappa shape index (κ1) is 21.3. The molecule has 0 radical (unpaired) electrons. The van der Waals surface area contributed by atoms with Crippen molar-refractivity contribution in [1.29, 1.82) is 5.26 Å². The van der Waals surface area contributed by atoms with Crippen molar-refractivity contribution in [2.24, 2.45) is 11.1 Å². The van der Waals surface area contributed by atoms with E-state index in [2.05, 4.69) is 21.5 Å². The molecule has 1 amide bonds. The van der Waals surface area contributed by atoms with Crippen LogP contribution in [0.5, 0.6) is 0 Å². The summed E-state index contributed by atoms with van der Waals surface area (Å²) in [5.41, 5.74) is 4.95. The molecule has 0 saturated carbocycles. The predicted molar refractivity (Wildman–Crippen MR) is 123 cm³/mol. The maximum Gasteiger partial charge on any atom is 0.251 e. The van der Waals surface area contributed by atoms with E-state index >= 15 is 0 Å². The van der Waals surface area contributed by atoms with Crippen LogP contribution in [-0.2, 0) is 4.84 Å². The fourth-order valence-electron chi connectivity index (χ4n) is 3.84. The van der Waals surface area contributed by atoms with Gasteiger partial charge in [0.15, 0.2) is 6.10 Å². The average Bonchev–Trinajstić information content (AvgIpc) is 3.20. The zero-order chi connectivity index (χ0) is 22.7. The first-order valence-electron chi connectivity index (χ1n) is 10.6. The summed E-state index contributed by atoms with van der Waals surface area (Å²) in [5.74, 6) is -0.238. The molecule has 3 aromatic rings. The van der Waals surface area contributed by atoms with E-state index in [1.54, 1.807) is 12.3 Å². The second-order valence-corrected chi connectivity index (χ2v) is 8.13. The molecule has 0 saturated heterocycles. The first-order chi connectivity index (χ1) is 15.5. The summed E-state index contributed by atoms with van der Waals surface area (Å²) >= 11 is 0. The highest BCUT2D eigenvalue weighted by Gasteiger charge is 2.34. The Morgan fingerprint density at radius 3 is 2.56 bits per heavy atom. The van der Waals surface area contributed by atoms with Gasteiger partial charge in [-0.05, 0) is 61.4 Å². The van der Waals surface area contributed by atoms with Gasteiger partial charge in [-0.2, -0.15) is 5.26 Å². The molecule has 1 aromatic heterocycles. The molecule has 0 aliphatic carbocycles. The number of benzene rings is 2. The minimum absolute atomic E-state index is 0.000569. The molecule has 4 rings (SSSR count). The van der Waals surface area contributed by atoms with Crippen molar-refractivity contribution in [3.8, 4) is 17.2 Å². The van der Waals surface area contributed by atoms with Crippen molar-refractivity contribution in [3.63, 3.8) is 0 Å². The Morgan fingerprint density at radius 2 is 1.84 bits per heavy atom. The van der Waals surface area contributed by atoms with Crippen LogP contribution in [0.3, 0.4) is 0 Å². The topological polar surface area (TPSA) is 87.4 Å². The predicted octanol–water partition coefficient (Wildman–Crippen LogP) is 4.87. The van der Waals surface area contributed by atoms with Gasteiger partial charge >= 0.3 is 0 Å². The number of pyridine rings is 1. The van der Waals surface area contributed by atoms with Crippen molar-refractivity contribution >= 4 is 11.6 Å². The van der Waals surface area contributed by atoms with Gasteiger partial charge in [-0.25, -0.2) is 0 Å². The average molecular weight is 425 g/mol. The lowest BCUT2D eigenvalue weighted by molar-refractivity contribution is 0.0621. The molecule has 6 heteroatoms. The number of nitrogens with zero attached hydrogens (tertiary/aromatic N) is 3. The molecule has 0 spiro atoms. The number of hydrogen-bond acceptors (Lipinski definition) is 5. The van der Waals surface area contributed by atoms with Gasteiger partial charge in [0, 0.05) is 29.3 Å². The van der Waals surface area contributed by atoms with Crippen molar-refractivity contribution < 1.29 is 9.63 Å². The van der Waals surface area contributed by atoms with Crippen LogP contribution in [0.15, 0.2) is 72.0 Å². The second kappa shape index (κ2) is 9.03. The summed E-state index contributed by atoms with van der Waals surface area (Å²) in [5, 5.41) is 16.9. The third-order valence-corrected chi connectivity index (χ3v) is 5.40. The zero-order valence-electron chi connectivity index (χ0n) is 18.2. The number of hydrogen-bond donors (Lipinski definition) is 1. The van der Waals surface area contributed by atoms with E-state index in [4.69, 9.17) is 4.84 Å². The molecule has 2 heterocycles. The molecule has 2 aromatic carbocycles. The molecule has 1 aliphatic rings. The van der Waals surface area contributed by atoms with Crippen LogP contribution in [-0.4, -0.2) is 22.6 Å². The maximum atomic E-state index is 12.9. The van der Waals surface area contributed by atoms with E-state index in [1.165, 1.54) is 0 Å². The fraction of sp³-hybridized carbons (Fsp3) is 0.231. The minimum atomic E-state index is -0.297. The lowest BCUT2D eigenvalue weighted by Crippen LogP contribution is -2.30. The number of rotatable bonds is 5. The second-order valence-electron chi connectivity index (χ2n) is 8.13. The van der Waals surface area contributed by atoms with Crippen LogP contribution in [0.4, 0.5) is 0 Å². The molecule has 32 heavy (non-hydrogen) atoms. The quantitative estimate of drug-likeness (QED) is 0.633. The van der Waals surface area contributed by atoms with E-state index in [9.17, 15) is 10.1 Å². The SMILES string of the molecule is CC(C)NC(=O)c1cc(C2=NO[C@H](c3ccccn3)[C@H]2C)cc(-c2ccccc2C#N)c1. The monoisotopic (exact) mass is 424 g/mol. The molecular weight excluding hydrogens is 400 g/mol. The Kier molecular flexibility index (Phi) is 6.00. The highest BCUT2D eigenvalue weighted by atomic mass is 16.6. The third kappa shape index (κ3) is 4.23. The van der Waals surface area contributed by atoms with Crippen molar-refractivity contribution in [2.45, 2.75) is 32.9 Å². The minimum Gasteiger partial charge on any atom is -0.385 e. The standard InChI is InChI=1S/C26H24N4O2/c1-16(2)29-26(31)21-13-19(22-9-5-4-8-18(22)15-27)12-20(14-21)24-17(3)25(32-30-24)23-10-6-7-11-28-23/h4-14,16-17,25H,1-3H3,(H,29,31)/t17-,25-/m0/s1. The Hall–Kier alpha value is -3.98. The Labute approximate surface area is 187 Å². The number of oxime groups is 1. The van der Waals surface area contributed by atoms with Crippen molar-refractivity contribution in [3.05, 3.63) is 89.2 Å². The van der Waals surface area contributed by atoms with Gasteiger partial charge in [-0.3, -0.25) is 9.78 Å². The van der Waals surface area contributed by atoms with Gasteiger partial charge in [-0.15, -0.1) is 0 Å². The Morgan fingerprint density at radius 1 is 1.09 bits per heavy atom. The van der Waals surface area contributed by atoms with E-state index in [0.717, 1.165) is 28.1 Å². The normalized spacial score (nSPS) is 17.4. The van der Waals surface area contributed by atoms with Gasteiger partial charge in [0.05, 0.1) is 23.0 Å². The van der Waals surface area contributed by atoms with Gasteiger partial charge in [0.25, 0.3) is 5.91 Å². The summed E-state index contributed by atoms with van der Waals surface area (Å²) in [6.45, 7) is 5.87. The van der Waals surface area contributed by atoms with Crippen LogP contribution in [0.25, 0.3) is 11.1 Å². The number of aromatic nitrogens is 1. The summed E-state index contributed by atoms with van der Waals surface area (Å²) < 4.78 is 0. The van der Waals surface area contributed by atoms with E-state index < -0.39 is 0 Å². The van der Waals surface area contributed by atoms with Crippen molar-refractivity contribution in [1.82, 2.24) is 10.3 Å². The summed E-state index contributed by atoms with van der Waals surface area (Å²) in [7, 11) is 0. The number of nitrogens with one attached hydrogen (secondary N) is 1. The highest BCUT2D eigenvalue weighted by molar-refractivity contribution is 6.06. The maximum absolute atomic E-state index is 12.9. The fourth-order valence-corrected chi connectivity index (χ4v) is 3.84. The lowest BCUT2D eigenvalue weighted by atomic mass is 9.89. The largest absolute Gasteiger partial charge is 0.385 e. The smallest absolute Gasteiger partial charge is 0.251 e.